The minimum Gasteiger partial charge on any atom is -0.497 e. The lowest BCUT2D eigenvalue weighted by atomic mass is 10.1. The van der Waals surface area contributed by atoms with Crippen molar-refractivity contribution in [3.05, 3.63) is 59.4 Å². The summed E-state index contributed by atoms with van der Waals surface area (Å²) in [6.07, 6.45) is 0.543. The van der Waals surface area contributed by atoms with Crippen LogP contribution in [-0.2, 0) is 16.4 Å². The zero-order valence-electron chi connectivity index (χ0n) is 15.0. The van der Waals surface area contributed by atoms with E-state index in [1.807, 2.05) is 19.1 Å². The van der Waals surface area contributed by atoms with Crippen LogP contribution in [0.1, 0.15) is 21.7 Å². The fourth-order valence-electron chi connectivity index (χ4n) is 2.80. The molecular weight excluding hydrogens is 368 g/mol. The molecule has 1 amide bonds. The fourth-order valence-corrected chi connectivity index (χ4v) is 3.32. The highest BCUT2D eigenvalue weighted by Gasteiger charge is 2.16. The van der Waals surface area contributed by atoms with Crippen LogP contribution in [0.25, 0.3) is 11.0 Å². The number of fused-ring (bicyclic) bond motifs is 1. The minimum absolute atomic E-state index is 0.0576. The van der Waals surface area contributed by atoms with Gasteiger partial charge in [0.05, 0.1) is 17.6 Å². The van der Waals surface area contributed by atoms with Gasteiger partial charge in [0.2, 0.25) is 10.0 Å². The van der Waals surface area contributed by atoms with Crippen molar-refractivity contribution in [3.8, 4) is 5.75 Å². The van der Waals surface area contributed by atoms with Crippen LogP contribution < -0.4 is 15.2 Å². The van der Waals surface area contributed by atoms with E-state index in [-0.39, 0.29) is 10.8 Å². The summed E-state index contributed by atoms with van der Waals surface area (Å²) in [5.41, 5.74) is 1.80. The van der Waals surface area contributed by atoms with Crippen molar-refractivity contribution in [3.63, 3.8) is 0 Å². The second kappa shape index (κ2) is 7.42. The standard InChI is InChI=1S/C19H20N2O5S/c1-12-9-14-10-15(25-2)11-17(18(14)26-12)19(22)21-8-7-13-3-5-16(6-4-13)27(20,23)24/h3-6,9-11H,7-8H2,1-2H3,(H,21,22)(H2,20,23,24). The average molecular weight is 388 g/mol. The summed E-state index contributed by atoms with van der Waals surface area (Å²) >= 11 is 0. The van der Waals surface area contributed by atoms with E-state index >= 15 is 0 Å². The van der Waals surface area contributed by atoms with E-state index in [0.717, 1.165) is 10.9 Å². The predicted octanol–water partition coefficient (Wildman–Crippen LogP) is 2.37. The van der Waals surface area contributed by atoms with Gasteiger partial charge in [-0.25, -0.2) is 13.6 Å². The van der Waals surface area contributed by atoms with E-state index in [9.17, 15) is 13.2 Å². The third-order valence-electron chi connectivity index (χ3n) is 4.14. The first-order valence-electron chi connectivity index (χ1n) is 8.26. The zero-order chi connectivity index (χ0) is 19.6. The third kappa shape index (κ3) is 4.29. The molecule has 0 saturated heterocycles. The van der Waals surface area contributed by atoms with Gasteiger partial charge in [-0.05, 0) is 49.2 Å². The quantitative estimate of drug-likeness (QED) is 0.673. The normalized spacial score (nSPS) is 11.5. The Morgan fingerprint density at radius 1 is 1.19 bits per heavy atom. The molecule has 7 nitrogen and oxygen atoms in total. The molecule has 8 heteroatoms. The molecule has 3 N–H and O–H groups in total. The molecule has 2 aromatic carbocycles. The maximum atomic E-state index is 12.6. The van der Waals surface area contributed by atoms with Gasteiger partial charge in [0, 0.05) is 11.9 Å². The number of primary sulfonamides is 1. The van der Waals surface area contributed by atoms with E-state index in [1.54, 1.807) is 25.3 Å². The summed E-state index contributed by atoms with van der Waals surface area (Å²) in [5, 5.41) is 8.73. The molecular formula is C19H20N2O5S. The van der Waals surface area contributed by atoms with E-state index in [1.165, 1.54) is 12.1 Å². The number of sulfonamides is 1. The summed E-state index contributed by atoms with van der Waals surface area (Å²) in [7, 11) is -2.16. The molecule has 0 spiro atoms. The Kier molecular flexibility index (Phi) is 5.20. The van der Waals surface area contributed by atoms with Gasteiger partial charge in [-0.3, -0.25) is 4.79 Å². The van der Waals surface area contributed by atoms with Gasteiger partial charge in [-0.1, -0.05) is 12.1 Å². The summed E-state index contributed by atoms with van der Waals surface area (Å²) < 4.78 is 33.4. The van der Waals surface area contributed by atoms with Crippen molar-refractivity contribution < 1.29 is 22.4 Å². The number of hydrogen-bond donors (Lipinski definition) is 2. The first-order chi connectivity index (χ1) is 12.8. The molecule has 0 unspecified atom stereocenters. The highest BCUT2D eigenvalue weighted by molar-refractivity contribution is 7.89. The number of carbonyl (C=O) groups is 1. The summed E-state index contributed by atoms with van der Waals surface area (Å²) in [5.74, 6) is 1.02. The largest absolute Gasteiger partial charge is 0.497 e. The molecule has 3 aromatic rings. The number of nitrogens with two attached hydrogens (primary N) is 1. The van der Waals surface area contributed by atoms with Gasteiger partial charge < -0.3 is 14.5 Å². The Hall–Kier alpha value is -2.84. The van der Waals surface area contributed by atoms with E-state index in [0.29, 0.717) is 35.6 Å². The van der Waals surface area contributed by atoms with Crippen LogP contribution in [-0.4, -0.2) is 28.0 Å². The number of furan rings is 1. The second-order valence-corrected chi connectivity index (χ2v) is 7.71. The minimum atomic E-state index is -3.71. The smallest absolute Gasteiger partial charge is 0.255 e. The van der Waals surface area contributed by atoms with Crippen molar-refractivity contribution >= 4 is 26.9 Å². The molecule has 0 aliphatic heterocycles. The van der Waals surface area contributed by atoms with Gasteiger partial charge in [0.1, 0.15) is 17.1 Å². The van der Waals surface area contributed by atoms with Crippen molar-refractivity contribution in [2.24, 2.45) is 5.14 Å². The van der Waals surface area contributed by atoms with Gasteiger partial charge in [-0.2, -0.15) is 0 Å². The summed E-state index contributed by atoms with van der Waals surface area (Å²) in [6.45, 7) is 2.20. The van der Waals surface area contributed by atoms with Gasteiger partial charge in [0.25, 0.3) is 5.91 Å². The number of ether oxygens (including phenoxy) is 1. The molecule has 0 atom stereocenters. The van der Waals surface area contributed by atoms with E-state index in [2.05, 4.69) is 5.32 Å². The number of hydrogen-bond acceptors (Lipinski definition) is 5. The Bertz CT molecular complexity index is 1090. The van der Waals surface area contributed by atoms with E-state index in [4.69, 9.17) is 14.3 Å². The molecule has 142 valence electrons. The molecule has 0 aliphatic carbocycles. The SMILES string of the molecule is COc1cc(C(=O)NCCc2ccc(S(N)(=O)=O)cc2)c2oc(C)cc2c1. The fraction of sp³-hybridized carbons (Fsp3) is 0.211. The average Bonchev–Trinajstić information content (AvgIpc) is 3.00. The monoisotopic (exact) mass is 388 g/mol. The molecule has 0 bridgehead atoms. The van der Waals surface area contributed by atoms with Crippen LogP contribution in [0.15, 0.2) is 51.8 Å². The maximum Gasteiger partial charge on any atom is 0.255 e. The highest BCUT2D eigenvalue weighted by Crippen LogP contribution is 2.28. The van der Waals surface area contributed by atoms with Gasteiger partial charge in [-0.15, -0.1) is 0 Å². The lowest BCUT2D eigenvalue weighted by Crippen LogP contribution is -2.25. The lowest BCUT2D eigenvalue weighted by molar-refractivity contribution is 0.0954. The van der Waals surface area contributed by atoms with Crippen molar-refractivity contribution in [1.29, 1.82) is 0 Å². The second-order valence-electron chi connectivity index (χ2n) is 6.15. The number of aryl methyl sites for hydroxylation is 1. The molecule has 1 aromatic heterocycles. The van der Waals surface area contributed by atoms with Crippen molar-refractivity contribution in [2.75, 3.05) is 13.7 Å². The number of rotatable bonds is 6. The van der Waals surface area contributed by atoms with Crippen molar-refractivity contribution in [1.82, 2.24) is 5.32 Å². The summed E-state index contributed by atoms with van der Waals surface area (Å²) in [6, 6.07) is 11.5. The molecule has 0 fully saturated rings. The number of nitrogens with one attached hydrogen (secondary N) is 1. The Labute approximate surface area is 157 Å². The Morgan fingerprint density at radius 2 is 1.89 bits per heavy atom. The molecule has 3 rings (SSSR count). The molecule has 0 aliphatic rings. The molecule has 27 heavy (non-hydrogen) atoms. The molecule has 0 radical (unpaired) electrons. The predicted molar refractivity (Wildman–Crippen MR) is 101 cm³/mol. The topological polar surface area (TPSA) is 112 Å². The van der Waals surface area contributed by atoms with Gasteiger partial charge >= 0.3 is 0 Å². The highest BCUT2D eigenvalue weighted by atomic mass is 32.2. The maximum absolute atomic E-state index is 12.6. The number of methoxy groups -OCH3 is 1. The van der Waals surface area contributed by atoms with Crippen LogP contribution in [0.5, 0.6) is 5.75 Å². The van der Waals surface area contributed by atoms with Crippen LogP contribution >= 0.6 is 0 Å². The first-order valence-corrected chi connectivity index (χ1v) is 9.80. The van der Waals surface area contributed by atoms with Crippen LogP contribution in [0.3, 0.4) is 0 Å². The van der Waals surface area contributed by atoms with Crippen LogP contribution in [0, 0.1) is 6.92 Å². The summed E-state index contributed by atoms with van der Waals surface area (Å²) in [4.78, 5) is 12.6. The lowest BCUT2D eigenvalue weighted by Gasteiger charge is -2.08. The zero-order valence-corrected chi connectivity index (χ0v) is 15.8. The number of benzene rings is 2. The first kappa shape index (κ1) is 18.9. The Morgan fingerprint density at radius 3 is 2.52 bits per heavy atom. The van der Waals surface area contributed by atoms with Crippen LogP contribution in [0.4, 0.5) is 0 Å². The van der Waals surface area contributed by atoms with E-state index < -0.39 is 10.0 Å². The molecule has 0 saturated carbocycles. The number of carbonyl (C=O) groups excluding carboxylic acids is 1. The van der Waals surface area contributed by atoms with Gasteiger partial charge in [0.15, 0.2) is 0 Å². The van der Waals surface area contributed by atoms with Crippen molar-refractivity contribution in [2.45, 2.75) is 18.2 Å². The molecule has 1 heterocycles. The Balaban J connectivity index is 1.70. The number of amides is 1. The van der Waals surface area contributed by atoms with Crippen LogP contribution in [0.2, 0.25) is 0 Å². The third-order valence-corrected chi connectivity index (χ3v) is 5.07.